The van der Waals surface area contributed by atoms with E-state index in [1.807, 2.05) is 0 Å². The van der Waals surface area contributed by atoms with Crippen molar-refractivity contribution in [3.8, 4) is 0 Å². The van der Waals surface area contributed by atoms with Gasteiger partial charge in [-0.2, -0.15) is 0 Å². The van der Waals surface area contributed by atoms with E-state index in [4.69, 9.17) is 11.6 Å². The van der Waals surface area contributed by atoms with E-state index in [2.05, 4.69) is 16.3 Å². The minimum atomic E-state index is 0.409. The predicted octanol–water partition coefficient (Wildman–Crippen LogP) is 3.66. The summed E-state index contributed by atoms with van der Waals surface area (Å²) in [6.07, 6.45) is 14.6. The molecule has 3 rings (SSSR count). The van der Waals surface area contributed by atoms with Crippen molar-refractivity contribution in [2.24, 2.45) is 0 Å². The van der Waals surface area contributed by atoms with Gasteiger partial charge >= 0.3 is 0 Å². The standard InChI is InChI=1S/C16H27ClN2/c17-11-6-12-19-14-15(7-2-1-3-8-15)18-13-16(19)9-4-5-10-16/h6,11,18H,1-5,7-10,12-14H2/b11-6+. The van der Waals surface area contributed by atoms with Gasteiger partial charge in [-0.15, -0.1) is 0 Å². The lowest BCUT2D eigenvalue weighted by molar-refractivity contribution is 0.00245. The number of hydrogen-bond acceptors (Lipinski definition) is 2. The highest BCUT2D eigenvalue weighted by Crippen LogP contribution is 2.41. The summed E-state index contributed by atoms with van der Waals surface area (Å²) in [4.78, 5) is 2.75. The van der Waals surface area contributed by atoms with Crippen LogP contribution in [0.1, 0.15) is 57.8 Å². The molecule has 0 aromatic carbocycles. The first-order chi connectivity index (χ1) is 9.29. The van der Waals surface area contributed by atoms with Gasteiger partial charge in [-0.1, -0.05) is 49.8 Å². The van der Waals surface area contributed by atoms with E-state index >= 15 is 0 Å². The normalized spacial score (nSPS) is 30.6. The van der Waals surface area contributed by atoms with Crippen molar-refractivity contribution in [3.05, 3.63) is 11.6 Å². The molecule has 0 aromatic rings. The monoisotopic (exact) mass is 282 g/mol. The Kier molecular flexibility index (Phi) is 4.21. The van der Waals surface area contributed by atoms with Crippen LogP contribution in [-0.4, -0.2) is 35.6 Å². The van der Waals surface area contributed by atoms with Gasteiger partial charge in [0, 0.05) is 36.2 Å². The first kappa shape index (κ1) is 13.9. The first-order valence-electron chi connectivity index (χ1n) is 8.04. The lowest BCUT2D eigenvalue weighted by atomic mass is 9.76. The molecule has 0 radical (unpaired) electrons. The summed E-state index contributed by atoms with van der Waals surface area (Å²) in [5.41, 5.74) is 2.53. The Labute approximate surface area is 122 Å². The summed E-state index contributed by atoms with van der Waals surface area (Å²) in [5.74, 6) is 0. The number of piperazine rings is 1. The molecule has 0 bridgehead atoms. The zero-order valence-electron chi connectivity index (χ0n) is 12.0. The molecular formula is C16H27ClN2. The van der Waals surface area contributed by atoms with Crippen LogP contribution in [0.3, 0.4) is 0 Å². The van der Waals surface area contributed by atoms with Crippen molar-refractivity contribution in [1.29, 1.82) is 0 Å². The van der Waals surface area contributed by atoms with Crippen LogP contribution in [-0.2, 0) is 0 Å². The maximum absolute atomic E-state index is 5.77. The fraction of sp³-hybridized carbons (Fsp3) is 0.875. The predicted molar refractivity (Wildman–Crippen MR) is 81.6 cm³/mol. The Balaban J connectivity index is 1.75. The van der Waals surface area contributed by atoms with Gasteiger partial charge in [-0.25, -0.2) is 0 Å². The van der Waals surface area contributed by atoms with Crippen molar-refractivity contribution < 1.29 is 0 Å². The fourth-order valence-electron chi connectivity index (χ4n) is 4.57. The van der Waals surface area contributed by atoms with Crippen LogP contribution >= 0.6 is 11.6 Å². The van der Waals surface area contributed by atoms with Gasteiger partial charge in [-0.3, -0.25) is 4.90 Å². The quantitative estimate of drug-likeness (QED) is 0.831. The number of nitrogens with zero attached hydrogens (tertiary/aromatic N) is 1. The highest BCUT2D eigenvalue weighted by molar-refractivity contribution is 6.25. The molecule has 1 saturated heterocycles. The molecule has 0 amide bonds. The molecular weight excluding hydrogens is 256 g/mol. The molecule has 3 fully saturated rings. The SMILES string of the molecule is Cl/C=C/CN1CC2(CCCCC2)NCC12CCCC2. The second kappa shape index (κ2) is 5.75. The van der Waals surface area contributed by atoms with Gasteiger partial charge in [0.15, 0.2) is 0 Å². The first-order valence-corrected chi connectivity index (χ1v) is 8.48. The fourth-order valence-corrected chi connectivity index (χ4v) is 4.65. The third-order valence-corrected chi connectivity index (χ3v) is 5.89. The van der Waals surface area contributed by atoms with E-state index in [9.17, 15) is 0 Å². The summed E-state index contributed by atoms with van der Waals surface area (Å²) < 4.78 is 0. The van der Waals surface area contributed by atoms with Gasteiger partial charge in [0.2, 0.25) is 0 Å². The van der Waals surface area contributed by atoms with Crippen LogP contribution in [0.15, 0.2) is 11.6 Å². The Morgan fingerprint density at radius 3 is 2.37 bits per heavy atom. The van der Waals surface area contributed by atoms with Gasteiger partial charge in [0.1, 0.15) is 0 Å². The molecule has 1 aliphatic heterocycles. The molecule has 3 aliphatic rings. The maximum atomic E-state index is 5.77. The average Bonchev–Trinajstić information content (AvgIpc) is 2.91. The van der Waals surface area contributed by atoms with Crippen LogP contribution in [0, 0.1) is 0 Å². The molecule has 1 heterocycles. The van der Waals surface area contributed by atoms with Crippen LogP contribution in [0.2, 0.25) is 0 Å². The molecule has 2 saturated carbocycles. The molecule has 2 spiro atoms. The Hall–Kier alpha value is -0.0500. The topological polar surface area (TPSA) is 15.3 Å². The van der Waals surface area contributed by atoms with Crippen molar-refractivity contribution in [1.82, 2.24) is 10.2 Å². The van der Waals surface area contributed by atoms with Gasteiger partial charge in [-0.05, 0) is 25.7 Å². The molecule has 0 atom stereocenters. The molecule has 1 N–H and O–H groups in total. The zero-order valence-corrected chi connectivity index (χ0v) is 12.7. The van der Waals surface area contributed by atoms with E-state index in [1.54, 1.807) is 5.54 Å². The summed E-state index contributed by atoms with van der Waals surface area (Å²) in [5, 5.41) is 3.97. The highest BCUT2D eigenvalue weighted by Gasteiger charge is 2.48. The van der Waals surface area contributed by atoms with Crippen LogP contribution in [0.25, 0.3) is 0 Å². The summed E-state index contributed by atoms with van der Waals surface area (Å²) in [7, 11) is 0. The Bertz CT molecular complexity index is 328. The molecule has 19 heavy (non-hydrogen) atoms. The third kappa shape index (κ3) is 2.72. The lowest BCUT2D eigenvalue weighted by Crippen LogP contribution is -2.69. The second-order valence-electron chi connectivity index (χ2n) is 6.87. The minimum absolute atomic E-state index is 0.409. The summed E-state index contributed by atoms with van der Waals surface area (Å²) >= 11 is 5.77. The van der Waals surface area contributed by atoms with E-state index < -0.39 is 0 Å². The smallest absolute Gasteiger partial charge is 0.0338 e. The van der Waals surface area contributed by atoms with Crippen molar-refractivity contribution in [2.45, 2.75) is 68.9 Å². The Morgan fingerprint density at radius 1 is 1.00 bits per heavy atom. The molecule has 108 valence electrons. The largest absolute Gasteiger partial charge is 0.308 e. The molecule has 0 aromatic heterocycles. The van der Waals surface area contributed by atoms with E-state index in [1.165, 1.54) is 70.9 Å². The molecule has 3 heteroatoms. The minimum Gasteiger partial charge on any atom is -0.308 e. The van der Waals surface area contributed by atoms with E-state index in [-0.39, 0.29) is 0 Å². The maximum Gasteiger partial charge on any atom is 0.0338 e. The van der Waals surface area contributed by atoms with Crippen molar-refractivity contribution in [3.63, 3.8) is 0 Å². The van der Waals surface area contributed by atoms with E-state index in [0.717, 1.165) is 6.54 Å². The number of rotatable bonds is 2. The van der Waals surface area contributed by atoms with Crippen LogP contribution < -0.4 is 5.32 Å². The Morgan fingerprint density at radius 2 is 1.68 bits per heavy atom. The van der Waals surface area contributed by atoms with Gasteiger partial charge in [0.25, 0.3) is 0 Å². The third-order valence-electron chi connectivity index (χ3n) is 5.72. The highest BCUT2D eigenvalue weighted by atomic mass is 35.5. The molecule has 0 unspecified atom stereocenters. The lowest BCUT2D eigenvalue weighted by Gasteiger charge is -2.54. The van der Waals surface area contributed by atoms with E-state index in [0.29, 0.717) is 11.1 Å². The average molecular weight is 283 g/mol. The number of nitrogens with one attached hydrogen (secondary N) is 1. The summed E-state index contributed by atoms with van der Waals surface area (Å²) in [6, 6.07) is 0. The molecule has 2 nitrogen and oxygen atoms in total. The van der Waals surface area contributed by atoms with Crippen molar-refractivity contribution >= 4 is 11.6 Å². The number of hydrogen-bond donors (Lipinski definition) is 1. The second-order valence-corrected chi connectivity index (χ2v) is 7.12. The summed E-state index contributed by atoms with van der Waals surface area (Å²) in [6.45, 7) is 3.46. The van der Waals surface area contributed by atoms with Gasteiger partial charge < -0.3 is 5.32 Å². The number of halogens is 1. The van der Waals surface area contributed by atoms with Crippen LogP contribution in [0.5, 0.6) is 0 Å². The van der Waals surface area contributed by atoms with Gasteiger partial charge in [0.05, 0.1) is 0 Å². The zero-order chi connectivity index (χ0) is 13.2. The van der Waals surface area contributed by atoms with Crippen molar-refractivity contribution in [2.75, 3.05) is 19.6 Å². The molecule has 2 aliphatic carbocycles. The van der Waals surface area contributed by atoms with Crippen LogP contribution in [0.4, 0.5) is 0 Å².